The number of amides is 4. The number of aryl methyl sites for hydroxylation is 2. The lowest BCUT2D eigenvalue weighted by atomic mass is 9.76. The first-order valence-electron chi connectivity index (χ1n) is 44.0. The van der Waals surface area contributed by atoms with Crippen LogP contribution in [0.5, 0.6) is 0 Å². The molecule has 710 valence electrons. The van der Waals surface area contributed by atoms with Gasteiger partial charge < -0.3 is 88.7 Å². The van der Waals surface area contributed by atoms with Gasteiger partial charge in [-0.3, -0.25) is 18.7 Å². The largest absolute Gasteiger partial charge is 0.495 e. The lowest BCUT2D eigenvalue weighted by Gasteiger charge is -2.32. The number of pyridine rings is 4. The Bertz CT molecular complexity index is 5330. The van der Waals surface area contributed by atoms with Gasteiger partial charge in [0.1, 0.15) is 29.0 Å². The van der Waals surface area contributed by atoms with E-state index in [9.17, 15) is 41.0 Å². The predicted octanol–water partition coefficient (Wildman–Crippen LogP) is 12.9. The maximum atomic E-state index is 12.9. The molecule has 10 aromatic rings. The number of benzene rings is 2. The van der Waals surface area contributed by atoms with Crippen molar-refractivity contribution in [3.05, 3.63) is 160 Å². The van der Waals surface area contributed by atoms with E-state index in [2.05, 4.69) is 65.6 Å². The van der Waals surface area contributed by atoms with Gasteiger partial charge in [-0.15, -0.1) is 0 Å². The molecule has 7 saturated heterocycles. The molecule has 7 aliphatic heterocycles. The minimum Gasteiger partial charge on any atom is -0.399 e. The number of carbonyl (C=O) groups excluding carboxylic acids is 2. The second-order valence-electron chi connectivity index (χ2n) is 33.7. The van der Waals surface area contributed by atoms with E-state index in [4.69, 9.17) is 83.4 Å². The summed E-state index contributed by atoms with van der Waals surface area (Å²) in [7, 11) is -0.556. The van der Waals surface area contributed by atoms with Crippen molar-refractivity contribution in [3.8, 4) is 56.7 Å². The average Bonchev–Trinajstić information content (AvgIpc) is 1.58. The Balaban J connectivity index is 0.000000144. The maximum Gasteiger partial charge on any atom is 0.495 e. The summed E-state index contributed by atoms with van der Waals surface area (Å²) in [6.45, 7) is 26.0. The Labute approximate surface area is 777 Å². The Morgan fingerprint density at radius 2 is 0.811 bits per heavy atom. The first-order chi connectivity index (χ1) is 63.3. The maximum absolute atomic E-state index is 12.9. The molecule has 6 N–H and O–H groups in total. The van der Waals surface area contributed by atoms with Gasteiger partial charge in [0.25, 0.3) is 0 Å². The number of aliphatic hydroxyl groups is 4. The van der Waals surface area contributed by atoms with Crippen molar-refractivity contribution in [1.29, 1.82) is 0 Å². The first-order valence-corrected chi connectivity index (χ1v) is 45.1. The summed E-state index contributed by atoms with van der Waals surface area (Å²) in [6, 6.07) is 32.7. The zero-order valence-electron chi connectivity index (χ0n) is 74.6. The van der Waals surface area contributed by atoms with E-state index < -0.39 is 67.4 Å². The Kier molecular flexibility index (Phi) is 34.3. The number of morpholine rings is 4. The minimum absolute atomic E-state index is 0.0333. The fraction of sp³-hybridized carbons (Fsp3) is 0.489. The van der Waals surface area contributed by atoms with Gasteiger partial charge in [0.05, 0.1) is 157 Å². The molecule has 0 saturated carbocycles. The van der Waals surface area contributed by atoms with Crippen LogP contribution in [0.1, 0.15) is 64.5 Å². The third-order valence-electron chi connectivity index (χ3n) is 23.6. The van der Waals surface area contributed by atoms with Gasteiger partial charge in [0.2, 0.25) is 0 Å². The van der Waals surface area contributed by atoms with Gasteiger partial charge in [0.15, 0.2) is 0 Å². The van der Waals surface area contributed by atoms with Crippen molar-refractivity contribution in [2.45, 2.75) is 117 Å². The standard InChI is InChI=1S/C28H33F3N6O3.C20H28BF3N2O3.3C14H17ClN4O2/c1-19-2-3-22(33-27(39)36-7-5-20(18-36)17-28(29,30)31)16-23(19)21-14-24(25-4-6-32-37(25)8-11-38)34-26(15-21)35-9-12-40-13-10-35;1-13-6-7-15(10-16(13)21-28-18(2,3)19(4,5)29-21)25-17(27)26-9-8-14(12-26)11-20(22,23)24;2*15-11-9-12(13-1-2-16-19(13)3-6-20)17-14(10-11)18-4-7-21-8-5-18;15-11-9-13(12-1-2-19(17-12)3-6-20)16-14(10-11)18-4-7-21-8-5-18/h2-4,6,14-16,20,38H,5,7-13,17-18H2,1H3,(H,33,39);6-7,10,14H,8-9,11-12H2,1-5H3,(H,25,27);3*1-2,9-10,20H,3-8H2/t20-;14-;;;/m00.../s1. The van der Waals surface area contributed by atoms with Gasteiger partial charge in [-0.25, -0.2) is 29.5 Å². The SMILES string of the molecule is Cc1ccc(NC(=O)N2CC[C@@H](CC(F)(F)F)C2)cc1-c1cc(-c2ccnn2CCO)nc(N2CCOCC2)c1.Cc1ccc(NC(=O)N2CC[C@@H](CC(F)(F)F)C2)cc1B1OC(C)(C)C(C)(C)O1.OCCn1ccc(-c2cc(Cl)cc(N3CCOCC3)n2)n1.OCCn1nccc1-c1cc(Cl)cc(N2CCOCC2)n1.OCCn1nccc1-c1cc(Cl)cc(N2CCOCC2)n1. The van der Waals surface area contributed by atoms with Crippen LogP contribution in [0.4, 0.5) is 70.6 Å². The number of nitrogens with zero attached hydrogens (tertiary/aromatic N) is 18. The predicted molar refractivity (Wildman–Crippen MR) is 493 cm³/mol. The number of likely N-dealkylation sites (tertiary alicyclic amines) is 2. The number of carbonyl (C=O) groups is 2. The quantitative estimate of drug-likeness (QED) is 0.0271. The molecule has 0 spiro atoms. The topological polar surface area (TPSA) is 337 Å². The third kappa shape index (κ3) is 27.1. The molecule has 15 heterocycles. The van der Waals surface area contributed by atoms with Crippen LogP contribution in [0.25, 0.3) is 56.7 Å². The van der Waals surface area contributed by atoms with E-state index in [0.717, 1.165) is 130 Å². The van der Waals surface area contributed by atoms with E-state index in [1.54, 1.807) is 61.6 Å². The number of aliphatic hydroxyl groups excluding tert-OH is 4. The Morgan fingerprint density at radius 1 is 0.447 bits per heavy atom. The lowest BCUT2D eigenvalue weighted by Crippen LogP contribution is -2.41. The van der Waals surface area contributed by atoms with E-state index in [1.165, 1.54) is 9.80 Å². The number of anilines is 6. The fourth-order valence-corrected chi connectivity index (χ4v) is 16.6. The molecule has 2 atom stereocenters. The van der Waals surface area contributed by atoms with E-state index in [-0.39, 0.29) is 39.5 Å². The number of nitrogens with one attached hydrogen (secondary N) is 2. The van der Waals surface area contributed by atoms with Crippen molar-refractivity contribution in [1.82, 2.24) is 68.9 Å². The summed E-state index contributed by atoms with van der Waals surface area (Å²) in [6.07, 6.45) is -2.58. The summed E-state index contributed by atoms with van der Waals surface area (Å²) in [5.74, 6) is 2.20. The average molecular weight is 1900 g/mol. The number of halogens is 9. The molecule has 8 aromatic heterocycles. The molecule has 32 nitrogen and oxygen atoms in total. The number of hydrogen-bond acceptors (Lipinski definition) is 24. The van der Waals surface area contributed by atoms with Gasteiger partial charge in [-0.2, -0.15) is 46.7 Å². The molecule has 0 bridgehead atoms. The summed E-state index contributed by atoms with van der Waals surface area (Å²) in [4.78, 5) is 55.9. The number of hydrogen-bond donors (Lipinski definition) is 6. The molecule has 42 heteroatoms. The van der Waals surface area contributed by atoms with Gasteiger partial charge in [0, 0.05) is 143 Å². The molecule has 4 amide bonds. The zero-order chi connectivity index (χ0) is 93.9. The molecule has 17 rings (SSSR count). The Hall–Kier alpha value is -10.3. The highest BCUT2D eigenvalue weighted by molar-refractivity contribution is 6.62. The van der Waals surface area contributed by atoms with Crippen molar-refractivity contribution in [2.24, 2.45) is 11.8 Å². The second kappa shape index (κ2) is 45.6. The van der Waals surface area contributed by atoms with E-state index in [0.29, 0.717) is 150 Å². The molecular weight excluding hydrogens is 1780 g/mol. The van der Waals surface area contributed by atoms with E-state index >= 15 is 0 Å². The summed E-state index contributed by atoms with van der Waals surface area (Å²) in [5.41, 5.74) is 10.9. The molecule has 132 heavy (non-hydrogen) atoms. The molecule has 2 aromatic carbocycles. The van der Waals surface area contributed by atoms with Crippen molar-refractivity contribution in [2.75, 3.05) is 188 Å². The van der Waals surface area contributed by atoms with Crippen LogP contribution < -0.4 is 35.7 Å². The number of aromatic nitrogens is 12. The van der Waals surface area contributed by atoms with E-state index in [1.807, 2.05) is 133 Å². The van der Waals surface area contributed by atoms with Crippen LogP contribution in [0.2, 0.25) is 15.1 Å². The summed E-state index contributed by atoms with van der Waals surface area (Å²) in [5, 5.41) is 61.3. The summed E-state index contributed by atoms with van der Waals surface area (Å²) >= 11 is 18.7. The van der Waals surface area contributed by atoms with Crippen LogP contribution in [0.15, 0.2) is 134 Å². The van der Waals surface area contributed by atoms with Crippen LogP contribution in [0.3, 0.4) is 0 Å². The normalized spacial score (nSPS) is 17.9. The van der Waals surface area contributed by atoms with Crippen LogP contribution in [-0.2, 0) is 54.4 Å². The first kappa shape index (κ1) is 99.2. The third-order valence-corrected chi connectivity index (χ3v) is 24.3. The highest BCUT2D eigenvalue weighted by atomic mass is 35.5. The van der Waals surface area contributed by atoms with Crippen LogP contribution in [-0.4, -0.2) is 290 Å². The Morgan fingerprint density at radius 3 is 1.20 bits per heavy atom. The summed E-state index contributed by atoms with van der Waals surface area (Å²) < 4.78 is 117. The number of urea groups is 2. The smallest absolute Gasteiger partial charge is 0.399 e. The van der Waals surface area contributed by atoms with Gasteiger partial charge >= 0.3 is 31.5 Å². The molecule has 0 radical (unpaired) electrons. The fourth-order valence-electron chi connectivity index (χ4n) is 16.0. The van der Waals surface area contributed by atoms with Crippen LogP contribution >= 0.6 is 34.8 Å². The highest BCUT2D eigenvalue weighted by Gasteiger charge is 2.52. The number of rotatable bonds is 22. The molecular formula is C90H112BCl3F6N20O12. The number of ether oxygens (including phenoxy) is 4. The molecule has 0 unspecified atom stereocenters. The van der Waals surface area contributed by atoms with Gasteiger partial charge in [-0.1, -0.05) is 52.5 Å². The molecule has 7 fully saturated rings. The highest BCUT2D eigenvalue weighted by Crippen LogP contribution is 2.40. The minimum atomic E-state index is -4.23. The number of alkyl halides is 6. The zero-order valence-corrected chi connectivity index (χ0v) is 76.8. The van der Waals surface area contributed by atoms with Crippen LogP contribution in [0, 0.1) is 25.7 Å². The lowest BCUT2D eigenvalue weighted by molar-refractivity contribution is -0.144. The van der Waals surface area contributed by atoms with Crippen molar-refractivity contribution >= 4 is 94.1 Å². The van der Waals surface area contributed by atoms with Crippen molar-refractivity contribution in [3.63, 3.8) is 0 Å². The second-order valence-corrected chi connectivity index (χ2v) is 35.0. The monoisotopic (exact) mass is 1890 g/mol. The molecule has 0 aliphatic carbocycles. The van der Waals surface area contributed by atoms with Gasteiger partial charge in [-0.05, 0) is 185 Å². The van der Waals surface area contributed by atoms with Crippen molar-refractivity contribution < 1.29 is 84.6 Å². The molecule has 7 aliphatic rings.